The molecule has 0 bridgehead atoms. The van der Waals surface area contributed by atoms with Crippen LogP contribution in [0.1, 0.15) is 58.5 Å². The Morgan fingerprint density at radius 2 is 1.82 bits per heavy atom. The number of amides is 2. The molecule has 2 N–H and O–H groups in total. The Morgan fingerprint density at radius 3 is 2.60 bits per heavy atom. The highest BCUT2D eigenvalue weighted by atomic mass is 32.2. The van der Waals surface area contributed by atoms with Crippen LogP contribution in [-0.2, 0) is 33.8 Å². The molecule has 1 saturated carbocycles. The molecule has 3 aromatic rings. The second-order valence-corrected chi connectivity index (χ2v) is 12.5. The molecule has 0 radical (unpaired) electrons. The highest BCUT2D eigenvalue weighted by Gasteiger charge is 2.29. The van der Waals surface area contributed by atoms with Gasteiger partial charge in [0.25, 0.3) is 0 Å². The van der Waals surface area contributed by atoms with Gasteiger partial charge in [0.05, 0.1) is 18.4 Å². The van der Waals surface area contributed by atoms with Crippen LogP contribution in [0, 0.1) is 5.92 Å². The van der Waals surface area contributed by atoms with Crippen LogP contribution in [-0.4, -0.2) is 42.1 Å². The highest BCUT2D eigenvalue weighted by Crippen LogP contribution is 2.38. The smallest absolute Gasteiger partial charge is 0.341 e. The summed E-state index contributed by atoms with van der Waals surface area (Å²) in [5.74, 6) is -0.255. The first-order chi connectivity index (χ1) is 19.5. The number of rotatable bonds is 9. The van der Waals surface area contributed by atoms with E-state index >= 15 is 0 Å². The molecule has 2 aromatic carbocycles. The largest absolute Gasteiger partial charge is 0.465 e. The number of ether oxygens (including phenoxy) is 1. The topological polar surface area (TPSA) is 87.7 Å². The molecular weight excluding hydrogens is 542 g/mol. The predicted molar refractivity (Wildman–Crippen MR) is 161 cm³/mol. The lowest BCUT2D eigenvalue weighted by Gasteiger charge is -2.27. The summed E-state index contributed by atoms with van der Waals surface area (Å²) in [4.78, 5) is 42.7. The van der Waals surface area contributed by atoms with E-state index in [4.69, 9.17) is 4.74 Å². The average Bonchev–Trinajstić information content (AvgIpc) is 3.33. The summed E-state index contributed by atoms with van der Waals surface area (Å²) in [5.41, 5.74) is 3.46. The number of fused-ring (bicyclic) bond motifs is 1. The molecule has 2 heterocycles. The number of nitrogens with one attached hydrogen (secondary N) is 2. The summed E-state index contributed by atoms with van der Waals surface area (Å²) in [5, 5.41) is 6.58. The molecule has 0 unspecified atom stereocenters. The van der Waals surface area contributed by atoms with E-state index in [-0.39, 0.29) is 23.5 Å². The molecule has 0 saturated heterocycles. The number of nitrogens with zero attached hydrogens (tertiary/aromatic N) is 1. The third-order valence-electron chi connectivity index (χ3n) is 7.47. The van der Waals surface area contributed by atoms with Crippen LogP contribution in [0.2, 0.25) is 0 Å². The van der Waals surface area contributed by atoms with Crippen molar-refractivity contribution in [3.8, 4) is 0 Å². The van der Waals surface area contributed by atoms with Gasteiger partial charge in [-0.05, 0) is 48.6 Å². The Labute approximate surface area is 243 Å². The van der Waals surface area contributed by atoms with Gasteiger partial charge in [-0.1, -0.05) is 55.7 Å². The van der Waals surface area contributed by atoms with E-state index in [9.17, 15) is 14.4 Å². The number of thioether (sulfide) groups is 1. The Hall–Kier alpha value is -3.14. The maximum Gasteiger partial charge on any atom is 0.341 e. The molecule has 7 nitrogen and oxygen atoms in total. The van der Waals surface area contributed by atoms with E-state index in [0.717, 1.165) is 72.8 Å². The number of benzene rings is 2. The number of esters is 1. The molecule has 9 heteroatoms. The molecule has 1 aliphatic carbocycles. The fourth-order valence-electron chi connectivity index (χ4n) is 5.42. The van der Waals surface area contributed by atoms with Gasteiger partial charge in [-0.3, -0.25) is 14.5 Å². The first-order valence-electron chi connectivity index (χ1n) is 13.8. The summed E-state index contributed by atoms with van der Waals surface area (Å²) in [6.45, 7) is 2.40. The second-order valence-electron chi connectivity index (χ2n) is 10.3. The molecule has 40 heavy (non-hydrogen) atoms. The van der Waals surface area contributed by atoms with Crippen LogP contribution in [0.25, 0.3) is 0 Å². The Morgan fingerprint density at radius 1 is 1.02 bits per heavy atom. The second kappa shape index (κ2) is 13.5. The van der Waals surface area contributed by atoms with Crippen molar-refractivity contribution in [2.24, 2.45) is 5.92 Å². The number of hydrogen-bond acceptors (Lipinski definition) is 7. The third kappa shape index (κ3) is 7.13. The molecule has 5 rings (SSSR count). The lowest BCUT2D eigenvalue weighted by atomic mass is 9.88. The van der Waals surface area contributed by atoms with Gasteiger partial charge in [0.15, 0.2) is 0 Å². The van der Waals surface area contributed by atoms with Gasteiger partial charge < -0.3 is 15.4 Å². The van der Waals surface area contributed by atoms with Crippen molar-refractivity contribution in [1.82, 2.24) is 4.90 Å². The molecular formula is C31H35N3O4S2. The van der Waals surface area contributed by atoms with Crippen molar-refractivity contribution < 1.29 is 19.1 Å². The number of methoxy groups -OCH3 is 1. The van der Waals surface area contributed by atoms with Gasteiger partial charge >= 0.3 is 5.97 Å². The van der Waals surface area contributed by atoms with Gasteiger partial charge in [0.2, 0.25) is 11.8 Å². The van der Waals surface area contributed by atoms with E-state index in [2.05, 4.69) is 27.7 Å². The number of carbonyl (C=O) groups is 3. The zero-order valence-corrected chi connectivity index (χ0v) is 24.4. The lowest BCUT2D eigenvalue weighted by molar-refractivity contribution is -0.120. The third-order valence-corrected chi connectivity index (χ3v) is 9.60. The van der Waals surface area contributed by atoms with Crippen molar-refractivity contribution in [3.05, 3.63) is 76.2 Å². The lowest BCUT2D eigenvalue weighted by Crippen LogP contribution is -2.29. The summed E-state index contributed by atoms with van der Waals surface area (Å²) >= 11 is 2.86. The van der Waals surface area contributed by atoms with Gasteiger partial charge in [0.1, 0.15) is 5.00 Å². The van der Waals surface area contributed by atoms with E-state index in [1.807, 2.05) is 42.5 Å². The highest BCUT2D eigenvalue weighted by molar-refractivity contribution is 8.00. The first kappa shape index (κ1) is 28.4. The van der Waals surface area contributed by atoms with Crippen molar-refractivity contribution in [1.29, 1.82) is 0 Å². The molecule has 0 spiro atoms. The Balaban J connectivity index is 1.20. The van der Waals surface area contributed by atoms with Crippen molar-refractivity contribution in [2.45, 2.75) is 56.5 Å². The van der Waals surface area contributed by atoms with Gasteiger partial charge in [-0.25, -0.2) is 4.79 Å². The summed E-state index contributed by atoms with van der Waals surface area (Å²) in [6, 6.07) is 17.9. The molecule has 1 fully saturated rings. The summed E-state index contributed by atoms with van der Waals surface area (Å²) < 4.78 is 5.09. The van der Waals surface area contributed by atoms with Crippen molar-refractivity contribution >= 4 is 51.6 Å². The zero-order valence-electron chi connectivity index (χ0n) is 22.7. The van der Waals surface area contributed by atoms with E-state index < -0.39 is 5.97 Å². The quantitative estimate of drug-likeness (QED) is 0.228. The fourth-order valence-corrected chi connectivity index (χ4v) is 7.47. The van der Waals surface area contributed by atoms with Crippen LogP contribution in [0.15, 0.2) is 59.5 Å². The van der Waals surface area contributed by atoms with Gasteiger partial charge in [0, 0.05) is 41.0 Å². The van der Waals surface area contributed by atoms with Crippen LogP contribution in [0.4, 0.5) is 10.7 Å². The van der Waals surface area contributed by atoms with Crippen LogP contribution in [0.3, 0.4) is 0 Å². The number of thiophene rings is 1. The predicted octanol–water partition coefficient (Wildman–Crippen LogP) is 6.34. The minimum absolute atomic E-state index is 0.0823. The summed E-state index contributed by atoms with van der Waals surface area (Å²) in [7, 11) is 1.37. The minimum atomic E-state index is -0.418. The molecule has 0 atom stereocenters. The zero-order chi connectivity index (χ0) is 27.9. The van der Waals surface area contributed by atoms with Gasteiger partial charge in [-0.2, -0.15) is 0 Å². The monoisotopic (exact) mass is 577 g/mol. The van der Waals surface area contributed by atoms with Crippen LogP contribution in [0.5, 0.6) is 0 Å². The van der Waals surface area contributed by atoms with E-state index in [1.165, 1.54) is 42.2 Å². The number of anilines is 2. The Bertz CT molecular complexity index is 1350. The molecule has 2 aliphatic rings. The first-order valence-corrected chi connectivity index (χ1v) is 15.6. The average molecular weight is 578 g/mol. The van der Waals surface area contributed by atoms with E-state index in [0.29, 0.717) is 10.6 Å². The summed E-state index contributed by atoms with van der Waals surface area (Å²) in [6.07, 6.45) is 6.06. The maximum absolute atomic E-state index is 13.0. The van der Waals surface area contributed by atoms with Gasteiger partial charge in [-0.15, -0.1) is 23.1 Å². The molecule has 1 aromatic heterocycles. The standard InChI is InChI=1S/C31H35N3O4S2/c1-38-31(37)28-25-15-16-34(18-21-9-4-2-5-10-21)19-26(25)40-30(28)33-27(35)20-39-24-14-8-13-23(17-24)32-29(36)22-11-6-3-7-12-22/h2,4-5,8-10,13-14,17,22H,3,6-7,11-12,15-16,18-20H2,1H3,(H,32,36)(H,33,35). The number of carbonyl (C=O) groups excluding carboxylic acids is 3. The molecule has 2 amide bonds. The Kier molecular flexibility index (Phi) is 9.57. The maximum atomic E-state index is 13.0. The molecule has 210 valence electrons. The normalized spacial score (nSPS) is 15.7. The minimum Gasteiger partial charge on any atom is -0.465 e. The van der Waals surface area contributed by atoms with Crippen molar-refractivity contribution in [3.63, 3.8) is 0 Å². The van der Waals surface area contributed by atoms with E-state index in [1.54, 1.807) is 0 Å². The van der Waals surface area contributed by atoms with Crippen LogP contribution < -0.4 is 10.6 Å². The fraction of sp³-hybridized carbons (Fsp3) is 0.387. The van der Waals surface area contributed by atoms with Crippen molar-refractivity contribution in [2.75, 3.05) is 30.0 Å². The van der Waals surface area contributed by atoms with Crippen LogP contribution >= 0.6 is 23.1 Å². The SMILES string of the molecule is COC(=O)c1c(NC(=O)CSc2cccc(NC(=O)C3CCCCC3)c2)sc2c1CCN(Cc1ccccc1)C2. The molecule has 1 aliphatic heterocycles. The number of hydrogen-bond donors (Lipinski definition) is 2.